The summed E-state index contributed by atoms with van der Waals surface area (Å²) in [4.78, 5) is 0. The molecule has 102 valence electrons. The Morgan fingerprint density at radius 1 is 1.22 bits per heavy atom. The van der Waals surface area contributed by atoms with Gasteiger partial charge in [0.2, 0.25) is 0 Å². The first-order valence-corrected chi connectivity index (χ1v) is 5.93. The summed E-state index contributed by atoms with van der Waals surface area (Å²) in [5, 5.41) is 9.25. The zero-order valence-corrected chi connectivity index (χ0v) is 10.2. The van der Waals surface area contributed by atoms with E-state index in [-0.39, 0.29) is 18.3 Å². The molecule has 0 aliphatic carbocycles. The van der Waals surface area contributed by atoms with Crippen LogP contribution >= 0.6 is 0 Å². The highest BCUT2D eigenvalue weighted by atomic mass is 19.4. The SMILES string of the molecule is CCCCC(CO)c1ccc(OC(F)(F)F)cc1. The number of ether oxygens (including phenoxy) is 1. The van der Waals surface area contributed by atoms with Crippen molar-refractivity contribution in [1.82, 2.24) is 0 Å². The zero-order valence-electron chi connectivity index (χ0n) is 10.2. The molecule has 0 saturated heterocycles. The first-order valence-electron chi connectivity index (χ1n) is 5.93. The Labute approximate surface area is 104 Å². The van der Waals surface area contributed by atoms with E-state index in [4.69, 9.17) is 0 Å². The Kier molecular flexibility index (Phi) is 5.47. The molecular weight excluding hydrogens is 245 g/mol. The molecule has 0 fully saturated rings. The number of aliphatic hydroxyl groups excluding tert-OH is 1. The van der Waals surface area contributed by atoms with Crippen LogP contribution in [0.25, 0.3) is 0 Å². The molecule has 0 heterocycles. The lowest BCUT2D eigenvalue weighted by Crippen LogP contribution is -2.17. The Morgan fingerprint density at radius 2 is 1.83 bits per heavy atom. The second kappa shape index (κ2) is 6.64. The van der Waals surface area contributed by atoms with E-state index in [9.17, 15) is 18.3 Å². The molecule has 0 amide bonds. The molecule has 1 atom stereocenters. The van der Waals surface area contributed by atoms with Crippen molar-refractivity contribution in [3.63, 3.8) is 0 Å². The van der Waals surface area contributed by atoms with Crippen molar-refractivity contribution in [3.05, 3.63) is 29.8 Å². The third-order valence-electron chi connectivity index (χ3n) is 2.71. The minimum atomic E-state index is -4.67. The van der Waals surface area contributed by atoms with E-state index in [0.29, 0.717) is 0 Å². The molecule has 0 aliphatic rings. The lowest BCUT2D eigenvalue weighted by Gasteiger charge is -2.15. The van der Waals surface area contributed by atoms with Gasteiger partial charge in [-0.1, -0.05) is 31.9 Å². The highest BCUT2D eigenvalue weighted by Gasteiger charge is 2.31. The maximum atomic E-state index is 12.0. The Hall–Kier alpha value is -1.23. The van der Waals surface area contributed by atoms with Gasteiger partial charge in [-0.25, -0.2) is 0 Å². The number of rotatable bonds is 6. The number of alkyl halides is 3. The summed E-state index contributed by atoms with van der Waals surface area (Å²) < 4.78 is 39.7. The molecule has 0 bridgehead atoms. The Bertz CT molecular complexity index is 346. The van der Waals surface area contributed by atoms with Gasteiger partial charge in [0.15, 0.2) is 0 Å². The van der Waals surface area contributed by atoms with E-state index in [1.165, 1.54) is 12.1 Å². The Balaban J connectivity index is 2.68. The summed E-state index contributed by atoms with van der Waals surface area (Å²) >= 11 is 0. The van der Waals surface area contributed by atoms with Crippen LogP contribution in [0.1, 0.15) is 37.7 Å². The van der Waals surface area contributed by atoms with Crippen LogP contribution in [0.3, 0.4) is 0 Å². The van der Waals surface area contributed by atoms with Gasteiger partial charge in [-0.3, -0.25) is 0 Å². The van der Waals surface area contributed by atoms with Crippen molar-refractivity contribution >= 4 is 0 Å². The van der Waals surface area contributed by atoms with Gasteiger partial charge in [-0.2, -0.15) is 0 Å². The number of aliphatic hydroxyl groups is 1. The molecule has 1 N–H and O–H groups in total. The van der Waals surface area contributed by atoms with Crippen LogP contribution in [0.5, 0.6) is 5.75 Å². The van der Waals surface area contributed by atoms with Gasteiger partial charge >= 0.3 is 6.36 Å². The van der Waals surface area contributed by atoms with Gasteiger partial charge in [0.05, 0.1) is 0 Å². The molecule has 2 nitrogen and oxygen atoms in total. The van der Waals surface area contributed by atoms with Crippen molar-refractivity contribution in [1.29, 1.82) is 0 Å². The quantitative estimate of drug-likeness (QED) is 0.843. The van der Waals surface area contributed by atoms with Crippen LogP contribution < -0.4 is 4.74 Å². The lowest BCUT2D eigenvalue weighted by atomic mass is 9.94. The molecule has 0 radical (unpaired) electrons. The normalized spacial score (nSPS) is 13.4. The van der Waals surface area contributed by atoms with Crippen molar-refractivity contribution in [2.75, 3.05) is 6.61 Å². The summed E-state index contributed by atoms with van der Waals surface area (Å²) in [5.41, 5.74) is 0.834. The van der Waals surface area contributed by atoms with E-state index < -0.39 is 6.36 Å². The summed E-state index contributed by atoms with van der Waals surface area (Å²) in [6.45, 7) is 2.05. The van der Waals surface area contributed by atoms with Crippen LogP contribution in [-0.2, 0) is 0 Å². The fourth-order valence-corrected chi connectivity index (χ4v) is 1.76. The van der Waals surface area contributed by atoms with Gasteiger partial charge in [-0.15, -0.1) is 13.2 Å². The predicted octanol–water partition coefficient (Wildman–Crippen LogP) is 3.85. The minimum absolute atomic E-state index is 0.000521. The van der Waals surface area contributed by atoms with Crippen LogP contribution in [0.4, 0.5) is 13.2 Å². The van der Waals surface area contributed by atoms with E-state index in [1.807, 2.05) is 0 Å². The molecule has 1 aromatic rings. The maximum absolute atomic E-state index is 12.0. The largest absolute Gasteiger partial charge is 0.573 e. The number of unbranched alkanes of at least 4 members (excludes halogenated alkanes) is 1. The fourth-order valence-electron chi connectivity index (χ4n) is 1.76. The monoisotopic (exact) mass is 262 g/mol. The van der Waals surface area contributed by atoms with Crippen LogP contribution in [0.15, 0.2) is 24.3 Å². The number of hydrogen-bond donors (Lipinski definition) is 1. The average molecular weight is 262 g/mol. The Morgan fingerprint density at radius 3 is 2.28 bits per heavy atom. The second-order valence-electron chi connectivity index (χ2n) is 4.14. The molecular formula is C13H17F3O2. The zero-order chi connectivity index (χ0) is 13.6. The number of benzene rings is 1. The molecule has 18 heavy (non-hydrogen) atoms. The number of halogens is 3. The lowest BCUT2D eigenvalue weighted by molar-refractivity contribution is -0.274. The fraction of sp³-hybridized carbons (Fsp3) is 0.538. The summed E-state index contributed by atoms with van der Waals surface area (Å²) in [7, 11) is 0. The van der Waals surface area contributed by atoms with Gasteiger partial charge in [0.25, 0.3) is 0 Å². The highest BCUT2D eigenvalue weighted by molar-refractivity contribution is 5.29. The van der Waals surface area contributed by atoms with Crippen molar-refractivity contribution in [2.45, 2.75) is 38.5 Å². The standard InChI is InChI=1S/C13H17F3O2/c1-2-3-4-11(9-17)10-5-7-12(8-6-10)18-13(14,15)16/h5-8,11,17H,2-4,9H2,1H3. The first kappa shape index (κ1) is 14.8. The van der Waals surface area contributed by atoms with Crippen LogP contribution in [-0.4, -0.2) is 18.1 Å². The molecule has 0 saturated carbocycles. The van der Waals surface area contributed by atoms with Crippen molar-refractivity contribution < 1.29 is 23.0 Å². The third kappa shape index (κ3) is 4.96. The molecule has 5 heteroatoms. The summed E-state index contributed by atoms with van der Waals surface area (Å²) in [6.07, 6.45) is -1.84. The van der Waals surface area contributed by atoms with E-state index >= 15 is 0 Å². The highest BCUT2D eigenvalue weighted by Crippen LogP contribution is 2.26. The van der Waals surface area contributed by atoms with Gasteiger partial charge in [-0.05, 0) is 24.1 Å². The van der Waals surface area contributed by atoms with Gasteiger partial charge in [0.1, 0.15) is 5.75 Å². The van der Waals surface area contributed by atoms with Crippen LogP contribution in [0.2, 0.25) is 0 Å². The molecule has 0 spiro atoms. The predicted molar refractivity (Wildman–Crippen MR) is 62.5 cm³/mol. The second-order valence-corrected chi connectivity index (χ2v) is 4.14. The summed E-state index contributed by atoms with van der Waals surface area (Å²) in [5.74, 6) is -0.261. The molecule has 0 aliphatic heterocycles. The van der Waals surface area contributed by atoms with E-state index in [0.717, 1.165) is 24.8 Å². The third-order valence-corrected chi connectivity index (χ3v) is 2.71. The first-order chi connectivity index (χ1) is 8.46. The molecule has 0 aromatic heterocycles. The van der Waals surface area contributed by atoms with Crippen molar-refractivity contribution in [2.24, 2.45) is 0 Å². The van der Waals surface area contributed by atoms with E-state index in [2.05, 4.69) is 11.7 Å². The minimum Gasteiger partial charge on any atom is -0.406 e. The van der Waals surface area contributed by atoms with Gasteiger partial charge < -0.3 is 9.84 Å². The molecule has 1 aromatic carbocycles. The smallest absolute Gasteiger partial charge is 0.406 e. The topological polar surface area (TPSA) is 29.5 Å². The maximum Gasteiger partial charge on any atom is 0.573 e. The molecule has 1 rings (SSSR count). The van der Waals surface area contributed by atoms with Crippen LogP contribution in [0, 0.1) is 0 Å². The number of hydrogen-bond acceptors (Lipinski definition) is 2. The summed E-state index contributed by atoms with van der Waals surface area (Å²) in [6, 6.07) is 5.68. The average Bonchev–Trinajstić information content (AvgIpc) is 2.30. The van der Waals surface area contributed by atoms with Gasteiger partial charge in [0, 0.05) is 12.5 Å². The van der Waals surface area contributed by atoms with Crippen molar-refractivity contribution in [3.8, 4) is 5.75 Å². The van der Waals surface area contributed by atoms with E-state index in [1.54, 1.807) is 12.1 Å². The molecule has 1 unspecified atom stereocenters.